The molecule has 3 aromatic rings. The highest BCUT2D eigenvalue weighted by atomic mass is 19.1. The first-order valence-corrected chi connectivity index (χ1v) is 11.4. The maximum atomic E-state index is 13.3. The van der Waals surface area contributed by atoms with E-state index < -0.39 is 11.6 Å². The predicted molar refractivity (Wildman–Crippen MR) is 123 cm³/mol. The van der Waals surface area contributed by atoms with E-state index in [9.17, 15) is 18.8 Å². The van der Waals surface area contributed by atoms with Gasteiger partial charge in [-0.1, -0.05) is 12.1 Å². The molecule has 0 aliphatic carbocycles. The second-order valence-corrected chi connectivity index (χ2v) is 9.27. The summed E-state index contributed by atoms with van der Waals surface area (Å²) in [4.78, 5) is 49.5. The highest BCUT2D eigenvalue weighted by Gasteiger charge is 2.52. The van der Waals surface area contributed by atoms with Crippen molar-refractivity contribution in [2.24, 2.45) is 5.92 Å². The van der Waals surface area contributed by atoms with Crippen LogP contribution in [0.25, 0.3) is 11.0 Å². The minimum absolute atomic E-state index is 0.0579. The van der Waals surface area contributed by atoms with Gasteiger partial charge in [-0.15, -0.1) is 0 Å². The summed E-state index contributed by atoms with van der Waals surface area (Å²) in [7, 11) is 0. The predicted octanol–water partition coefficient (Wildman–Crippen LogP) is 3.37. The van der Waals surface area contributed by atoms with Gasteiger partial charge in [0.2, 0.25) is 0 Å². The van der Waals surface area contributed by atoms with E-state index in [4.69, 9.17) is 0 Å². The zero-order valence-corrected chi connectivity index (χ0v) is 19.1. The molecular weight excluding hydrogens is 437 g/mol. The molecule has 0 unspecified atom stereocenters. The number of carbonyl (C=O) groups excluding carboxylic acids is 3. The molecule has 8 nitrogen and oxygen atoms in total. The van der Waals surface area contributed by atoms with Gasteiger partial charge in [0.25, 0.3) is 11.8 Å². The molecule has 4 amide bonds. The Morgan fingerprint density at radius 2 is 1.85 bits per heavy atom. The van der Waals surface area contributed by atoms with E-state index in [1.807, 2.05) is 19.1 Å². The number of nitrogens with one attached hydrogen (secondary N) is 2. The number of fused-ring (bicyclic) bond motifs is 1. The molecular formula is C25H26FN5O3. The van der Waals surface area contributed by atoms with Crippen LogP contribution in [0.15, 0.2) is 42.5 Å². The highest BCUT2D eigenvalue weighted by molar-refractivity contribution is 6.07. The van der Waals surface area contributed by atoms with Crippen molar-refractivity contribution >= 4 is 28.9 Å². The molecule has 1 aromatic heterocycles. The van der Waals surface area contributed by atoms with Crippen molar-refractivity contribution in [2.45, 2.75) is 38.8 Å². The molecule has 1 atom stereocenters. The summed E-state index contributed by atoms with van der Waals surface area (Å²) in [6, 6.07) is 10.7. The number of carbonyl (C=O) groups is 3. The summed E-state index contributed by atoms with van der Waals surface area (Å²) in [5.74, 6) is -0.00907. The molecule has 2 N–H and O–H groups in total. The molecule has 3 heterocycles. The maximum absolute atomic E-state index is 13.3. The first-order valence-electron chi connectivity index (χ1n) is 11.4. The second kappa shape index (κ2) is 8.23. The van der Waals surface area contributed by atoms with E-state index in [0.29, 0.717) is 37.1 Å². The summed E-state index contributed by atoms with van der Waals surface area (Å²) >= 11 is 0. The number of H-pyrrole nitrogens is 1. The zero-order chi connectivity index (χ0) is 24.0. The van der Waals surface area contributed by atoms with Gasteiger partial charge >= 0.3 is 6.03 Å². The van der Waals surface area contributed by atoms with Gasteiger partial charge in [0.15, 0.2) is 0 Å². The molecule has 0 bridgehead atoms. The third-order valence-electron chi connectivity index (χ3n) is 7.00. The first-order chi connectivity index (χ1) is 16.2. The number of aryl methyl sites for hydroxylation is 1. The number of nitrogens with zero attached hydrogens (tertiary/aromatic N) is 3. The van der Waals surface area contributed by atoms with Crippen molar-refractivity contribution < 1.29 is 18.8 Å². The Morgan fingerprint density at radius 1 is 1.15 bits per heavy atom. The number of hydrogen-bond donors (Lipinski definition) is 2. The molecule has 0 spiro atoms. The number of urea groups is 1. The van der Waals surface area contributed by atoms with Gasteiger partial charge in [0.05, 0.1) is 17.6 Å². The second-order valence-electron chi connectivity index (χ2n) is 9.27. The van der Waals surface area contributed by atoms with Crippen LogP contribution in [0.4, 0.5) is 9.18 Å². The summed E-state index contributed by atoms with van der Waals surface area (Å²) in [5, 5.41) is 2.88. The van der Waals surface area contributed by atoms with Gasteiger partial charge in [-0.2, -0.15) is 0 Å². The van der Waals surface area contributed by atoms with Crippen molar-refractivity contribution in [2.75, 3.05) is 13.1 Å². The van der Waals surface area contributed by atoms with Crippen LogP contribution in [0.5, 0.6) is 0 Å². The van der Waals surface area contributed by atoms with Crippen molar-refractivity contribution in [3.63, 3.8) is 0 Å². The molecule has 0 radical (unpaired) electrons. The summed E-state index contributed by atoms with van der Waals surface area (Å²) in [6.45, 7) is 4.72. The van der Waals surface area contributed by atoms with Crippen LogP contribution >= 0.6 is 0 Å². The average molecular weight is 464 g/mol. The van der Waals surface area contributed by atoms with Gasteiger partial charge < -0.3 is 15.2 Å². The minimum Gasteiger partial charge on any atom is -0.342 e. The third-order valence-corrected chi connectivity index (χ3v) is 7.00. The lowest BCUT2D eigenvalue weighted by molar-refractivity contribution is -0.133. The molecule has 2 saturated heterocycles. The molecule has 176 valence electrons. The number of halogens is 1. The van der Waals surface area contributed by atoms with Crippen LogP contribution in [0.1, 0.15) is 41.5 Å². The molecule has 2 aromatic carbocycles. The van der Waals surface area contributed by atoms with E-state index in [1.165, 1.54) is 17.0 Å². The molecule has 5 rings (SSSR count). The highest BCUT2D eigenvalue weighted by Crippen LogP contribution is 2.34. The van der Waals surface area contributed by atoms with E-state index in [2.05, 4.69) is 15.3 Å². The topological polar surface area (TPSA) is 98.4 Å². The molecule has 2 aliphatic rings. The Morgan fingerprint density at radius 3 is 2.56 bits per heavy atom. The SMILES string of the molecule is Cc1nc2ccc(C(=O)N3CCC([C@@]4(C)NC(=O)N(Cc5ccc(F)cc5)C4=O)CC3)cc2[nH]1. The largest absolute Gasteiger partial charge is 0.342 e. The van der Waals surface area contributed by atoms with Gasteiger partial charge in [-0.25, -0.2) is 14.2 Å². The summed E-state index contributed by atoms with van der Waals surface area (Å²) < 4.78 is 13.2. The number of benzene rings is 2. The Bertz CT molecular complexity index is 1280. The van der Waals surface area contributed by atoms with Crippen LogP contribution in [-0.2, 0) is 11.3 Å². The number of hydrogen-bond acceptors (Lipinski definition) is 4. The maximum Gasteiger partial charge on any atom is 0.325 e. The number of aromatic amines is 1. The number of piperidine rings is 1. The first kappa shape index (κ1) is 22.1. The van der Waals surface area contributed by atoms with Crippen LogP contribution in [0, 0.1) is 18.7 Å². The third kappa shape index (κ3) is 3.81. The quantitative estimate of drug-likeness (QED) is 0.580. The van der Waals surface area contributed by atoms with Gasteiger partial charge in [0.1, 0.15) is 17.2 Å². The fourth-order valence-corrected chi connectivity index (χ4v) is 5.02. The monoisotopic (exact) mass is 463 g/mol. The number of imidazole rings is 1. The lowest BCUT2D eigenvalue weighted by atomic mass is 9.78. The zero-order valence-electron chi connectivity index (χ0n) is 19.1. The molecule has 34 heavy (non-hydrogen) atoms. The number of imide groups is 1. The van der Waals surface area contributed by atoms with Gasteiger partial charge in [-0.05, 0) is 68.5 Å². The van der Waals surface area contributed by atoms with Crippen LogP contribution in [0.2, 0.25) is 0 Å². The van der Waals surface area contributed by atoms with Crippen molar-refractivity contribution in [3.8, 4) is 0 Å². The molecule has 0 saturated carbocycles. The average Bonchev–Trinajstić information content (AvgIpc) is 3.31. The van der Waals surface area contributed by atoms with Crippen molar-refractivity contribution in [1.29, 1.82) is 0 Å². The summed E-state index contributed by atoms with van der Waals surface area (Å²) in [5.41, 5.74) is 1.89. The van der Waals surface area contributed by atoms with E-state index in [-0.39, 0.29) is 30.1 Å². The van der Waals surface area contributed by atoms with Crippen molar-refractivity contribution in [3.05, 3.63) is 65.2 Å². The Balaban J connectivity index is 1.25. The lowest BCUT2D eigenvalue weighted by Gasteiger charge is -2.39. The van der Waals surface area contributed by atoms with Crippen LogP contribution < -0.4 is 5.32 Å². The number of aromatic nitrogens is 2. The Hall–Kier alpha value is -3.75. The van der Waals surface area contributed by atoms with Crippen LogP contribution in [-0.4, -0.2) is 56.2 Å². The molecule has 2 aliphatic heterocycles. The normalized spacial score (nSPS) is 21.4. The fraction of sp³-hybridized carbons (Fsp3) is 0.360. The van der Waals surface area contributed by atoms with E-state index in [1.54, 1.807) is 30.0 Å². The minimum atomic E-state index is -1.03. The Kier molecular flexibility index (Phi) is 5.34. The smallest absolute Gasteiger partial charge is 0.325 e. The number of rotatable bonds is 4. The Labute approximate surface area is 196 Å². The molecule has 2 fully saturated rings. The lowest BCUT2D eigenvalue weighted by Crippen LogP contribution is -2.54. The van der Waals surface area contributed by atoms with Gasteiger partial charge in [-0.3, -0.25) is 14.5 Å². The molecule has 9 heteroatoms. The van der Waals surface area contributed by atoms with E-state index >= 15 is 0 Å². The fourth-order valence-electron chi connectivity index (χ4n) is 5.02. The number of amides is 4. The summed E-state index contributed by atoms with van der Waals surface area (Å²) in [6.07, 6.45) is 1.20. The van der Waals surface area contributed by atoms with E-state index in [0.717, 1.165) is 16.9 Å². The van der Waals surface area contributed by atoms with Gasteiger partial charge in [0, 0.05) is 18.7 Å². The van der Waals surface area contributed by atoms with Crippen LogP contribution in [0.3, 0.4) is 0 Å². The standard InChI is InChI=1S/C25H26FN5O3/c1-15-27-20-8-5-17(13-21(20)28-15)22(32)30-11-9-18(10-12-30)25(2)23(33)31(24(34)29-25)14-16-3-6-19(26)7-4-16/h3-8,13,18H,9-12,14H2,1-2H3,(H,27,28)(H,29,34)/t25-/m1/s1. The van der Waals surface area contributed by atoms with Crippen molar-refractivity contribution in [1.82, 2.24) is 25.1 Å². The number of likely N-dealkylation sites (tertiary alicyclic amines) is 1.